The van der Waals surface area contributed by atoms with Crippen molar-refractivity contribution in [2.45, 2.75) is 12.7 Å². The number of halogens is 3. The van der Waals surface area contributed by atoms with Crippen molar-refractivity contribution in [2.75, 3.05) is 0 Å². The Kier molecular flexibility index (Phi) is 2.62. The van der Waals surface area contributed by atoms with Gasteiger partial charge in [0.25, 0.3) is 0 Å². The van der Waals surface area contributed by atoms with Crippen LogP contribution in [0.25, 0.3) is 11.1 Å². The van der Waals surface area contributed by atoms with E-state index in [4.69, 9.17) is 0 Å². The predicted molar refractivity (Wildman–Crippen MR) is 66.0 cm³/mol. The summed E-state index contributed by atoms with van der Waals surface area (Å²) in [6, 6.07) is 5.74. The Morgan fingerprint density at radius 1 is 1.05 bits per heavy atom. The highest BCUT2D eigenvalue weighted by molar-refractivity contribution is 5.94. The predicted octanol–water partition coefficient (Wildman–Crippen LogP) is 3.70. The lowest BCUT2D eigenvalue weighted by Crippen LogP contribution is -2.07. The maximum Gasteiger partial charge on any atom is 0.416 e. The van der Waals surface area contributed by atoms with Crippen LogP contribution in [0.1, 0.15) is 16.7 Å². The van der Waals surface area contributed by atoms with E-state index in [0.29, 0.717) is 23.2 Å². The molecule has 3 rings (SSSR count). The summed E-state index contributed by atoms with van der Waals surface area (Å²) in [6.07, 6.45) is 0.410. The number of hydrogen-bond acceptors (Lipinski definition) is 2. The van der Waals surface area contributed by atoms with E-state index in [0.717, 1.165) is 5.56 Å². The van der Waals surface area contributed by atoms with Gasteiger partial charge in [0.05, 0.1) is 12.1 Å². The Labute approximate surface area is 107 Å². The molecule has 0 saturated heterocycles. The summed E-state index contributed by atoms with van der Waals surface area (Å²) in [4.78, 5) is 7.93. The van der Waals surface area contributed by atoms with E-state index in [2.05, 4.69) is 9.98 Å². The fourth-order valence-electron chi connectivity index (χ4n) is 2.17. The molecular weight excluding hydrogens is 253 g/mol. The van der Waals surface area contributed by atoms with Crippen molar-refractivity contribution in [3.63, 3.8) is 0 Å². The quantitative estimate of drug-likeness (QED) is 0.769. The van der Waals surface area contributed by atoms with Crippen LogP contribution in [0, 0.1) is 0 Å². The SMILES string of the molecule is FC(F)(F)c1cc2c(c(-c3ccncc3)c1)C=NC2. The Morgan fingerprint density at radius 3 is 2.47 bits per heavy atom. The molecule has 0 bridgehead atoms. The molecular formula is C14H9F3N2. The van der Waals surface area contributed by atoms with E-state index in [1.54, 1.807) is 30.7 Å². The summed E-state index contributed by atoms with van der Waals surface area (Å²) < 4.78 is 38.7. The first-order chi connectivity index (χ1) is 9.05. The van der Waals surface area contributed by atoms with Gasteiger partial charge in [0.1, 0.15) is 0 Å². The van der Waals surface area contributed by atoms with Crippen LogP contribution >= 0.6 is 0 Å². The van der Waals surface area contributed by atoms with E-state index in [-0.39, 0.29) is 0 Å². The Bertz CT molecular complexity index is 646. The van der Waals surface area contributed by atoms with Crippen LogP contribution < -0.4 is 0 Å². The molecule has 0 amide bonds. The van der Waals surface area contributed by atoms with Crippen LogP contribution in [0.2, 0.25) is 0 Å². The summed E-state index contributed by atoms with van der Waals surface area (Å²) in [5, 5.41) is 0. The number of hydrogen-bond donors (Lipinski definition) is 0. The topological polar surface area (TPSA) is 25.2 Å². The lowest BCUT2D eigenvalue weighted by molar-refractivity contribution is -0.137. The number of aromatic nitrogens is 1. The molecule has 0 radical (unpaired) electrons. The Balaban J connectivity index is 2.23. The molecule has 0 aliphatic carbocycles. The largest absolute Gasteiger partial charge is 0.416 e. The van der Waals surface area contributed by atoms with Gasteiger partial charge < -0.3 is 0 Å². The van der Waals surface area contributed by atoms with Gasteiger partial charge in [0.2, 0.25) is 0 Å². The number of alkyl halides is 3. The molecule has 19 heavy (non-hydrogen) atoms. The number of benzene rings is 1. The third-order valence-electron chi connectivity index (χ3n) is 3.07. The van der Waals surface area contributed by atoms with Gasteiger partial charge in [-0.3, -0.25) is 9.98 Å². The molecule has 2 aromatic rings. The minimum absolute atomic E-state index is 0.303. The summed E-state index contributed by atoms with van der Waals surface area (Å²) in [5.41, 5.74) is 2.00. The van der Waals surface area contributed by atoms with Crippen molar-refractivity contribution in [3.8, 4) is 11.1 Å². The molecule has 0 N–H and O–H groups in total. The molecule has 0 fully saturated rings. The van der Waals surface area contributed by atoms with Crippen molar-refractivity contribution >= 4 is 6.21 Å². The summed E-state index contributed by atoms with van der Waals surface area (Å²) in [6.45, 7) is 0.303. The molecule has 2 nitrogen and oxygen atoms in total. The summed E-state index contributed by atoms with van der Waals surface area (Å²) in [7, 11) is 0. The van der Waals surface area contributed by atoms with Gasteiger partial charge in [-0.1, -0.05) is 0 Å². The van der Waals surface area contributed by atoms with Crippen molar-refractivity contribution < 1.29 is 13.2 Å². The second-order valence-corrected chi connectivity index (χ2v) is 4.30. The van der Waals surface area contributed by atoms with Gasteiger partial charge in [-0.05, 0) is 41.0 Å². The van der Waals surface area contributed by atoms with Gasteiger partial charge >= 0.3 is 6.18 Å². The number of aliphatic imine (C=N–C) groups is 1. The zero-order chi connectivity index (χ0) is 13.5. The molecule has 0 atom stereocenters. The number of nitrogens with zero attached hydrogens (tertiary/aromatic N) is 2. The number of fused-ring (bicyclic) bond motifs is 1. The van der Waals surface area contributed by atoms with Gasteiger partial charge in [0.15, 0.2) is 0 Å². The first kappa shape index (κ1) is 11.9. The highest BCUT2D eigenvalue weighted by Gasteiger charge is 2.32. The monoisotopic (exact) mass is 262 g/mol. The molecule has 0 saturated carbocycles. The third kappa shape index (κ3) is 2.12. The summed E-state index contributed by atoms with van der Waals surface area (Å²) >= 11 is 0. The van der Waals surface area contributed by atoms with Crippen LogP contribution in [0.4, 0.5) is 13.2 Å². The van der Waals surface area contributed by atoms with Gasteiger partial charge in [-0.15, -0.1) is 0 Å². The first-order valence-electron chi connectivity index (χ1n) is 5.70. The fourth-order valence-corrected chi connectivity index (χ4v) is 2.17. The minimum Gasteiger partial charge on any atom is -0.288 e. The van der Waals surface area contributed by atoms with Gasteiger partial charge in [0, 0.05) is 24.2 Å². The third-order valence-corrected chi connectivity index (χ3v) is 3.07. The van der Waals surface area contributed by atoms with Crippen molar-refractivity contribution in [1.29, 1.82) is 0 Å². The number of pyridine rings is 1. The second kappa shape index (κ2) is 4.19. The molecule has 1 aromatic carbocycles. The number of rotatable bonds is 1. The molecule has 0 unspecified atom stereocenters. The maximum absolute atomic E-state index is 12.9. The van der Waals surface area contributed by atoms with Crippen LogP contribution in [0.5, 0.6) is 0 Å². The van der Waals surface area contributed by atoms with Crippen molar-refractivity contribution in [2.24, 2.45) is 4.99 Å². The average molecular weight is 262 g/mol. The van der Waals surface area contributed by atoms with Crippen LogP contribution in [0.3, 0.4) is 0 Å². The van der Waals surface area contributed by atoms with Crippen LogP contribution in [0.15, 0.2) is 41.7 Å². The zero-order valence-corrected chi connectivity index (χ0v) is 9.78. The van der Waals surface area contributed by atoms with E-state index in [9.17, 15) is 13.2 Å². The average Bonchev–Trinajstić information content (AvgIpc) is 2.85. The Hall–Kier alpha value is -2.17. The van der Waals surface area contributed by atoms with Crippen molar-refractivity contribution in [3.05, 3.63) is 53.3 Å². The van der Waals surface area contributed by atoms with Crippen molar-refractivity contribution in [1.82, 2.24) is 4.98 Å². The van der Waals surface area contributed by atoms with Crippen LogP contribution in [-0.2, 0) is 12.7 Å². The molecule has 1 aliphatic heterocycles. The highest BCUT2D eigenvalue weighted by atomic mass is 19.4. The molecule has 96 valence electrons. The second-order valence-electron chi connectivity index (χ2n) is 4.30. The molecule has 1 aliphatic rings. The zero-order valence-electron chi connectivity index (χ0n) is 9.78. The van der Waals surface area contributed by atoms with E-state index in [1.807, 2.05) is 0 Å². The van der Waals surface area contributed by atoms with Gasteiger partial charge in [-0.25, -0.2) is 0 Å². The minimum atomic E-state index is -4.35. The smallest absolute Gasteiger partial charge is 0.288 e. The molecule has 0 spiro atoms. The Morgan fingerprint density at radius 2 is 1.79 bits per heavy atom. The molecule has 1 aromatic heterocycles. The van der Waals surface area contributed by atoms with E-state index < -0.39 is 11.7 Å². The highest BCUT2D eigenvalue weighted by Crippen LogP contribution is 2.36. The summed E-state index contributed by atoms with van der Waals surface area (Å²) in [5.74, 6) is 0. The molecule has 2 heterocycles. The van der Waals surface area contributed by atoms with E-state index in [1.165, 1.54) is 12.1 Å². The molecule has 5 heteroatoms. The fraction of sp³-hybridized carbons (Fsp3) is 0.143. The standard InChI is InChI=1S/C14H9F3N2/c15-14(16,17)11-5-10-7-19-8-13(10)12(6-11)9-1-3-18-4-2-9/h1-6,8H,7H2. The normalized spacial score (nSPS) is 13.6. The lowest BCUT2D eigenvalue weighted by atomic mass is 9.95. The van der Waals surface area contributed by atoms with Crippen LogP contribution in [-0.4, -0.2) is 11.2 Å². The lowest BCUT2D eigenvalue weighted by Gasteiger charge is -2.13. The first-order valence-corrected chi connectivity index (χ1v) is 5.70. The van der Waals surface area contributed by atoms with Gasteiger partial charge in [-0.2, -0.15) is 13.2 Å². The van der Waals surface area contributed by atoms with E-state index >= 15 is 0 Å². The maximum atomic E-state index is 12.9.